The van der Waals surface area contributed by atoms with Crippen molar-refractivity contribution in [3.05, 3.63) is 35.1 Å². The Balaban J connectivity index is 1.65. The summed E-state index contributed by atoms with van der Waals surface area (Å²) in [7, 11) is 0. The monoisotopic (exact) mass is 332 g/mol. The van der Waals surface area contributed by atoms with Crippen LogP contribution in [0, 0.1) is 6.92 Å². The Kier molecular flexibility index (Phi) is 4.42. The van der Waals surface area contributed by atoms with E-state index in [1.54, 1.807) is 12.5 Å². The highest BCUT2D eigenvalue weighted by atomic mass is 32.1. The number of rotatable bonds is 6. The van der Waals surface area contributed by atoms with E-state index in [9.17, 15) is 4.79 Å². The Morgan fingerprint density at radius 2 is 2.22 bits per heavy atom. The second-order valence-electron chi connectivity index (χ2n) is 5.76. The average Bonchev–Trinajstić information content (AvgIpc) is 3.21. The van der Waals surface area contributed by atoms with Gasteiger partial charge in [-0.3, -0.25) is 9.20 Å². The largest absolute Gasteiger partial charge is 0.351 e. The number of thiazole rings is 1. The summed E-state index contributed by atoms with van der Waals surface area (Å²) in [5.74, 6) is 1.12. The van der Waals surface area contributed by atoms with Crippen LogP contribution in [0.25, 0.3) is 4.96 Å². The Morgan fingerprint density at radius 3 is 2.91 bits per heavy atom. The molecule has 0 atom stereocenters. The van der Waals surface area contributed by atoms with Crippen molar-refractivity contribution in [2.75, 3.05) is 6.54 Å². The number of aromatic nitrogens is 5. The van der Waals surface area contributed by atoms with Crippen LogP contribution in [0.1, 0.15) is 47.4 Å². The van der Waals surface area contributed by atoms with Crippen LogP contribution in [-0.4, -0.2) is 36.6 Å². The van der Waals surface area contributed by atoms with Gasteiger partial charge < -0.3 is 9.88 Å². The van der Waals surface area contributed by atoms with Gasteiger partial charge in [0.1, 0.15) is 10.7 Å². The number of amides is 1. The number of carbonyl (C=O) groups is 1. The van der Waals surface area contributed by atoms with Gasteiger partial charge in [0.15, 0.2) is 0 Å². The predicted molar refractivity (Wildman–Crippen MR) is 88.9 cm³/mol. The molecule has 0 aromatic carbocycles. The maximum absolute atomic E-state index is 12.4. The molecule has 0 saturated heterocycles. The van der Waals surface area contributed by atoms with Crippen LogP contribution < -0.4 is 5.32 Å². The molecule has 3 aromatic rings. The second kappa shape index (κ2) is 6.49. The minimum Gasteiger partial charge on any atom is -0.351 e. The van der Waals surface area contributed by atoms with E-state index in [1.807, 2.05) is 22.1 Å². The van der Waals surface area contributed by atoms with Crippen LogP contribution in [0.4, 0.5) is 0 Å². The van der Waals surface area contributed by atoms with E-state index in [2.05, 4.69) is 34.3 Å². The number of nitrogens with zero attached hydrogens (tertiary/aromatic N) is 5. The average molecular weight is 332 g/mol. The summed E-state index contributed by atoms with van der Waals surface area (Å²) in [5, 5.41) is 11.4. The third-order valence-electron chi connectivity index (χ3n) is 3.68. The summed E-state index contributed by atoms with van der Waals surface area (Å²) in [6, 6.07) is 0. The van der Waals surface area contributed by atoms with Crippen molar-refractivity contribution < 1.29 is 4.79 Å². The fourth-order valence-corrected chi connectivity index (χ4v) is 3.47. The predicted octanol–water partition coefficient (Wildman–Crippen LogP) is 2.24. The van der Waals surface area contributed by atoms with E-state index in [0.717, 1.165) is 29.4 Å². The zero-order valence-corrected chi connectivity index (χ0v) is 14.3. The fraction of sp³-hybridized carbons (Fsp3) is 0.467. The lowest BCUT2D eigenvalue weighted by Gasteiger charge is -2.06. The second-order valence-corrected chi connectivity index (χ2v) is 6.73. The van der Waals surface area contributed by atoms with Crippen molar-refractivity contribution in [1.82, 2.24) is 29.5 Å². The van der Waals surface area contributed by atoms with E-state index in [-0.39, 0.29) is 11.8 Å². The molecule has 0 aliphatic rings. The van der Waals surface area contributed by atoms with Crippen molar-refractivity contribution in [3.63, 3.8) is 0 Å². The number of hydrogen-bond acceptors (Lipinski definition) is 5. The van der Waals surface area contributed by atoms with Gasteiger partial charge in [-0.25, -0.2) is 4.98 Å². The molecular weight excluding hydrogens is 312 g/mol. The Bertz CT molecular complexity index is 802. The van der Waals surface area contributed by atoms with Crippen molar-refractivity contribution in [2.24, 2.45) is 0 Å². The van der Waals surface area contributed by atoms with Crippen LogP contribution in [0.5, 0.6) is 0 Å². The molecule has 1 amide bonds. The number of imidazole rings is 1. The maximum Gasteiger partial charge on any atom is 0.263 e. The van der Waals surface area contributed by atoms with Crippen LogP contribution in [-0.2, 0) is 6.54 Å². The SMILES string of the molecule is Cc1c(C(=O)NCCCn2ccnc2)sc2nnc(C(C)C)n12. The van der Waals surface area contributed by atoms with Crippen LogP contribution in [0.2, 0.25) is 0 Å². The molecule has 0 aliphatic heterocycles. The lowest BCUT2D eigenvalue weighted by atomic mass is 10.2. The van der Waals surface area contributed by atoms with Gasteiger partial charge in [-0.2, -0.15) is 0 Å². The quantitative estimate of drug-likeness (QED) is 0.702. The highest BCUT2D eigenvalue weighted by Crippen LogP contribution is 2.25. The molecule has 23 heavy (non-hydrogen) atoms. The molecule has 0 aliphatic carbocycles. The Morgan fingerprint density at radius 1 is 1.39 bits per heavy atom. The zero-order chi connectivity index (χ0) is 16.4. The topological polar surface area (TPSA) is 77.1 Å². The molecule has 0 spiro atoms. The number of fused-ring (bicyclic) bond motifs is 1. The minimum absolute atomic E-state index is 0.0432. The standard InChI is InChI=1S/C15H20N6OS/c1-10(2)13-18-19-15-21(13)11(3)12(23-15)14(22)17-5-4-7-20-8-6-16-9-20/h6,8-10H,4-5,7H2,1-3H3,(H,17,22). The molecule has 3 aromatic heterocycles. The number of carbonyl (C=O) groups excluding carboxylic acids is 1. The zero-order valence-electron chi connectivity index (χ0n) is 13.5. The van der Waals surface area contributed by atoms with Crippen LogP contribution in [0.15, 0.2) is 18.7 Å². The van der Waals surface area contributed by atoms with Gasteiger partial charge >= 0.3 is 0 Å². The van der Waals surface area contributed by atoms with Crippen LogP contribution >= 0.6 is 11.3 Å². The molecule has 3 heterocycles. The normalized spacial score (nSPS) is 11.5. The van der Waals surface area contributed by atoms with Crippen LogP contribution in [0.3, 0.4) is 0 Å². The summed E-state index contributed by atoms with van der Waals surface area (Å²) in [4.78, 5) is 17.9. The van der Waals surface area contributed by atoms with E-state index in [0.29, 0.717) is 11.4 Å². The van der Waals surface area contributed by atoms with Gasteiger partial charge in [-0.1, -0.05) is 25.2 Å². The molecule has 1 N–H and O–H groups in total. The third kappa shape index (κ3) is 3.12. The first kappa shape index (κ1) is 15.7. The van der Waals surface area contributed by atoms with Crippen molar-refractivity contribution >= 4 is 22.2 Å². The molecular formula is C15H20N6OS. The molecule has 8 heteroatoms. The molecule has 0 radical (unpaired) electrons. The fourth-order valence-electron chi connectivity index (χ4n) is 2.48. The molecule has 0 bridgehead atoms. The van der Waals surface area contributed by atoms with Gasteiger partial charge in [0, 0.05) is 37.1 Å². The van der Waals surface area contributed by atoms with Gasteiger partial charge in [0.2, 0.25) is 4.96 Å². The first-order valence-corrected chi connectivity index (χ1v) is 8.48. The summed E-state index contributed by atoms with van der Waals surface area (Å²) in [5.41, 5.74) is 0.908. The highest BCUT2D eigenvalue weighted by molar-refractivity contribution is 7.19. The van der Waals surface area contributed by atoms with E-state index >= 15 is 0 Å². The number of hydrogen-bond donors (Lipinski definition) is 1. The molecule has 122 valence electrons. The Hall–Kier alpha value is -2.22. The minimum atomic E-state index is -0.0432. The smallest absolute Gasteiger partial charge is 0.263 e. The molecule has 0 unspecified atom stereocenters. The van der Waals surface area contributed by atoms with E-state index in [4.69, 9.17) is 0 Å². The molecule has 0 fully saturated rings. The number of aryl methyl sites for hydroxylation is 2. The third-order valence-corrected chi connectivity index (χ3v) is 4.81. The van der Waals surface area contributed by atoms with E-state index in [1.165, 1.54) is 11.3 Å². The van der Waals surface area contributed by atoms with Gasteiger partial charge in [-0.15, -0.1) is 10.2 Å². The van der Waals surface area contributed by atoms with E-state index < -0.39 is 0 Å². The Labute approximate surface area is 138 Å². The summed E-state index contributed by atoms with van der Waals surface area (Å²) in [6.07, 6.45) is 6.31. The molecule has 7 nitrogen and oxygen atoms in total. The lowest BCUT2D eigenvalue weighted by molar-refractivity contribution is 0.0956. The first-order valence-electron chi connectivity index (χ1n) is 7.66. The molecule has 0 saturated carbocycles. The molecule has 3 rings (SSSR count). The summed E-state index contributed by atoms with van der Waals surface area (Å²) in [6.45, 7) is 7.56. The van der Waals surface area contributed by atoms with Crippen molar-refractivity contribution in [2.45, 2.75) is 39.7 Å². The van der Waals surface area contributed by atoms with Crippen molar-refractivity contribution in [1.29, 1.82) is 0 Å². The lowest BCUT2D eigenvalue weighted by Crippen LogP contribution is -2.25. The maximum atomic E-state index is 12.4. The summed E-state index contributed by atoms with van der Waals surface area (Å²) >= 11 is 1.39. The van der Waals surface area contributed by atoms with Gasteiger partial charge in [-0.05, 0) is 13.3 Å². The number of nitrogens with one attached hydrogen (secondary N) is 1. The highest BCUT2D eigenvalue weighted by Gasteiger charge is 2.20. The van der Waals surface area contributed by atoms with Gasteiger partial charge in [0.25, 0.3) is 5.91 Å². The van der Waals surface area contributed by atoms with Gasteiger partial charge in [0.05, 0.1) is 6.33 Å². The summed E-state index contributed by atoms with van der Waals surface area (Å²) < 4.78 is 3.98. The first-order chi connectivity index (χ1) is 11.1. The van der Waals surface area contributed by atoms with Crippen molar-refractivity contribution in [3.8, 4) is 0 Å².